The molecule has 0 saturated carbocycles. The first kappa shape index (κ1) is 39.3. The summed E-state index contributed by atoms with van der Waals surface area (Å²) in [6.45, 7) is 15.2. The molecule has 0 aromatic heterocycles. The van der Waals surface area contributed by atoms with Gasteiger partial charge in [-0.3, -0.25) is 19.2 Å². The van der Waals surface area contributed by atoms with E-state index in [9.17, 15) is 34.9 Å². The number of hydrogen-bond donors (Lipinski definition) is 2. The van der Waals surface area contributed by atoms with Gasteiger partial charge in [-0.1, -0.05) is 32.8 Å². The van der Waals surface area contributed by atoms with E-state index < -0.39 is 107 Å². The van der Waals surface area contributed by atoms with Crippen molar-refractivity contribution < 1.29 is 67.0 Å². The zero-order valence-corrected chi connectivity index (χ0v) is 28.9. The van der Waals surface area contributed by atoms with Gasteiger partial charge in [-0.15, -0.1) is 0 Å². The van der Waals surface area contributed by atoms with E-state index in [-0.39, 0.29) is 11.0 Å². The lowest BCUT2D eigenvalue weighted by atomic mass is 9.95. The first-order valence-electron chi connectivity index (χ1n) is 14.9. The van der Waals surface area contributed by atoms with Gasteiger partial charge in [0.15, 0.2) is 39.2 Å². The second-order valence-electron chi connectivity index (χ2n) is 12.6. The zero-order chi connectivity index (χ0) is 35.1. The van der Waals surface area contributed by atoms with Crippen molar-refractivity contribution in [3.63, 3.8) is 0 Å². The highest BCUT2D eigenvalue weighted by Crippen LogP contribution is 2.46. The topological polar surface area (TPSA) is 231 Å². The predicted octanol–water partition coefficient (Wildman–Crippen LogP) is 1.87. The summed E-state index contributed by atoms with van der Waals surface area (Å²) in [5.74, 6) is -3.06. The van der Waals surface area contributed by atoms with Crippen LogP contribution in [-0.4, -0.2) is 117 Å². The summed E-state index contributed by atoms with van der Waals surface area (Å²) in [5, 5.41) is 24.9. The van der Waals surface area contributed by atoms with Crippen LogP contribution in [0.15, 0.2) is 5.11 Å². The summed E-state index contributed by atoms with van der Waals surface area (Å²) in [7, 11) is -2.70. The Kier molecular flexibility index (Phi) is 14.0. The molecular formula is C28H47N3O14Si. The molecule has 0 aromatic rings. The minimum absolute atomic E-state index is 0.180. The van der Waals surface area contributed by atoms with Gasteiger partial charge in [-0.25, -0.2) is 0 Å². The summed E-state index contributed by atoms with van der Waals surface area (Å²) < 4.78 is 46.0. The van der Waals surface area contributed by atoms with Gasteiger partial charge in [-0.2, -0.15) is 0 Å². The van der Waals surface area contributed by atoms with Gasteiger partial charge in [0.2, 0.25) is 0 Å². The van der Waals surface area contributed by atoms with Gasteiger partial charge in [0.05, 0.1) is 6.61 Å². The maximum atomic E-state index is 12.3. The van der Waals surface area contributed by atoms with Gasteiger partial charge in [0, 0.05) is 32.6 Å². The molecule has 262 valence electrons. The van der Waals surface area contributed by atoms with E-state index in [2.05, 4.69) is 10.0 Å². The van der Waals surface area contributed by atoms with E-state index in [0.29, 0.717) is 0 Å². The fourth-order valence-electron chi connectivity index (χ4n) is 5.08. The number of carbonyl (C=O) groups is 4. The van der Waals surface area contributed by atoms with Crippen molar-refractivity contribution in [2.45, 2.75) is 135 Å². The summed E-state index contributed by atoms with van der Waals surface area (Å²) in [4.78, 5) is 51.1. The fourth-order valence-corrected chi connectivity index (χ4v) is 7.55. The van der Waals surface area contributed by atoms with E-state index in [1.165, 1.54) is 0 Å². The molecule has 2 N–H and O–H groups in total. The molecule has 2 fully saturated rings. The summed E-state index contributed by atoms with van der Waals surface area (Å²) in [6, 6.07) is -1.37. The average Bonchev–Trinajstić information content (AvgIpc) is 2.92. The Bertz CT molecular complexity index is 1150. The largest absolute Gasteiger partial charge is 0.463 e. The van der Waals surface area contributed by atoms with Gasteiger partial charge in [-0.05, 0) is 29.6 Å². The Morgan fingerprint density at radius 2 is 1.39 bits per heavy atom. The van der Waals surface area contributed by atoms with E-state index in [0.717, 1.165) is 27.7 Å². The monoisotopic (exact) mass is 677 g/mol. The number of azide groups is 1. The highest BCUT2D eigenvalue weighted by Gasteiger charge is 2.57. The molecule has 2 heterocycles. The molecule has 0 aromatic carbocycles. The van der Waals surface area contributed by atoms with Crippen LogP contribution >= 0.6 is 0 Å². The third-order valence-corrected chi connectivity index (χ3v) is 13.2. The lowest BCUT2D eigenvalue weighted by Gasteiger charge is -2.50. The Morgan fingerprint density at radius 1 is 0.870 bits per heavy atom. The molecule has 0 radical (unpaired) electrons. The van der Waals surface area contributed by atoms with Gasteiger partial charge in [0.25, 0.3) is 0 Å². The van der Waals surface area contributed by atoms with Gasteiger partial charge in [0.1, 0.15) is 37.1 Å². The molecule has 2 aliphatic heterocycles. The molecule has 46 heavy (non-hydrogen) atoms. The maximum absolute atomic E-state index is 12.3. The van der Waals surface area contributed by atoms with Crippen LogP contribution in [-0.2, 0) is 56.8 Å². The van der Waals surface area contributed by atoms with Crippen molar-refractivity contribution in [3.05, 3.63) is 10.4 Å². The van der Waals surface area contributed by atoms with Crippen LogP contribution in [0.2, 0.25) is 18.1 Å². The van der Waals surface area contributed by atoms with Crippen molar-refractivity contribution in [3.8, 4) is 0 Å². The number of carbonyl (C=O) groups excluding carboxylic acids is 4. The number of rotatable bonds is 13. The van der Waals surface area contributed by atoms with Gasteiger partial charge < -0.3 is 47.8 Å². The summed E-state index contributed by atoms with van der Waals surface area (Å²) >= 11 is 0. The Labute approximate surface area is 268 Å². The molecule has 0 bridgehead atoms. The Hall–Kier alpha value is -2.83. The van der Waals surface area contributed by atoms with E-state index >= 15 is 0 Å². The highest BCUT2D eigenvalue weighted by atomic mass is 28.4. The first-order chi connectivity index (χ1) is 21.3. The van der Waals surface area contributed by atoms with Crippen molar-refractivity contribution in [2.75, 3.05) is 13.2 Å². The standard InChI is InChI=1S/C28H47N3O14Si/c1-13(2)28(7,8)46(9,10)45-26-20(30-31-29)23(21(37)18(11-32)42-26)44-27-25(41-17(6)36)24(40-16(5)35)22(39-15(4)34)19(43-27)12-38-14(3)33/h13,18-27,32,37H,11-12H2,1-10H3/t18-,19-,20-,21-,22+,23-,24+,25-,26+,27+/m1/s1. The van der Waals surface area contributed by atoms with E-state index in [1.807, 2.05) is 40.8 Å². The van der Waals surface area contributed by atoms with Crippen molar-refractivity contribution in [1.82, 2.24) is 0 Å². The Morgan fingerprint density at radius 3 is 1.87 bits per heavy atom. The van der Waals surface area contributed by atoms with Crippen LogP contribution < -0.4 is 0 Å². The van der Waals surface area contributed by atoms with Crippen molar-refractivity contribution in [1.29, 1.82) is 0 Å². The molecule has 0 unspecified atom stereocenters. The van der Waals surface area contributed by atoms with Crippen molar-refractivity contribution in [2.24, 2.45) is 11.0 Å². The smallest absolute Gasteiger partial charge is 0.303 e. The third-order valence-electron chi connectivity index (χ3n) is 8.65. The van der Waals surface area contributed by atoms with Crippen molar-refractivity contribution >= 4 is 32.2 Å². The predicted molar refractivity (Wildman–Crippen MR) is 159 cm³/mol. The third kappa shape index (κ3) is 9.60. The van der Waals surface area contributed by atoms with Crippen LogP contribution in [0.5, 0.6) is 0 Å². The van der Waals surface area contributed by atoms with Crippen LogP contribution in [0.25, 0.3) is 10.4 Å². The fraction of sp³-hybridized carbons (Fsp3) is 0.857. The average molecular weight is 678 g/mol. The summed E-state index contributed by atoms with van der Waals surface area (Å²) in [6.07, 6.45) is -13.4. The molecule has 18 heteroatoms. The number of aliphatic hydroxyl groups excluding tert-OH is 2. The molecule has 0 amide bonds. The molecule has 10 atom stereocenters. The molecule has 2 aliphatic rings. The SMILES string of the molecule is CC(=O)OC[C@H]1O[C@@H](O[C@H]2[C@H](O)[C@@H](CO)O[C@@H](O[Si](C)(C)C(C)(C)C(C)C)[C@@H]2N=[N+]=[N-])[C@H](OC(C)=O)[C@@H](OC(C)=O)[C@H]1OC(C)=O. The molecular weight excluding hydrogens is 630 g/mol. The number of aliphatic hydroxyl groups is 2. The minimum Gasteiger partial charge on any atom is -0.463 e. The Balaban J connectivity index is 2.64. The molecule has 0 aliphatic carbocycles. The molecule has 2 rings (SSSR count). The molecule has 17 nitrogen and oxygen atoms in total. The van der Waals surface area contributed by atoms with Crippen LogP contribution in [0.4, 0.5) is 0 Å². The number of ether oxygens (including phenoxy) is 7. The quantitative estimate of drug-likeness (QED) is 0.0708. The molecule has 2 saturated heterocycles. The normalized spacial score (nSPS) is 31.8. The number of hydrogen-bond acceptors (Lipinski definition) is 15. The summed E-state index contributed by atoms with van der Waals surface area (Å²) in [5.41, 5.74) is 9.53. The number of nitrogens with zero attached hydrogens (tertiary/aromatic N) is 3. The van der Waals surface area contributed by atoms with Crippen LogP contribution in [0.3, 0.4) is 0 Å². The van der Waals surface area contributed by atoms with Gasteiger partial charge >= 0.3 is 23.9 Å². The minimum atomic E-state index is -2.70. The zero-order valence-electron chi connectivity index (χ0n) is 27.9. The first-order valence-corrected chi connectivity index (χ1v) is 17.8. The molecule has 0 spiro atoms. The maximum Gasteiger partial charge on any atom is 0.303 e. The lowest BCUT2D eigenvalue weighted by Crippen LogP contribution is -2.67. The van der Waals surface area contributed by atoms with E-state index in [4.69, 9.17) is 37.6 Å². The van der Waals surface area contributed by atoms with Crippen LogP contribution in [0.1, 0.15) is 55.4 Å². The second-order valence-corrected chi connectivity index (χ2v) is 17.1. The van der Waals surface area contributed by atoms with E-state index in [1.54, 1.807) is 0 Å². The second kappa shape index (κ2) is 16.3. The highest BCUT2D eigenvalue weighted by molar-refractivity contribution is 6.74. The lowest BCUT2D eigenvalue weighted by molar-refractivity contribution is -0.341. The number of esters is 4. The van der Waals surface area contributed by atoms with Crippen LogP contribution in [0, 0.1) is 5.92 Å².